The number of unbranched alkanes of at least 4 members (excludes halogenated alkanes) is 2. The first kappa shape index (κ1) is 17.6. The molecule has 0 aliphatic rings. The highest BCUT2D eigenvalue weighted by Gasteiger charge is 1.70. The third kappa shape index (κ3) is 2640. The standard InChI is InChI=1S/C5H12.2CH2O3/c1-3-5-4-2;2*2-1(3)4/h3-5H2,1-2H3;2*(H2,2,3,4). The van der Waals surface area contributed by atoms with Gasteiger partial charge in [-0.05, 0) is 0 Å². The van der Waals surface area contributed by atoms with Crippen LogP contribution in [0.3, 0.4) is 0 Å². The van der Waals surface area contributed by atoms with Crippen LogP contribution in [0.1, 0.15) is 33.1 Å². The van der Waals surface area contributed by atoms with Gasteiger partial charge >= 0.3 is 12.3 Å². The van der Waals surface area contributed by atoms with Crippen LogP contribution in [0.5, 0.6) is 0 Å². The molecule has 0 atom stereocenters. The first-order valence-electron chi connectivity index (χ1n) is 3.72. The molecular weight excluding hydrogens is 180 g/mol. The molecule has 0 aromatic rings. The fraction of sp³-hybridized carbons (Fsp3) is 0.714. The lowest BCUT2D eigenvalue weighted by Crippen LogP contribution is -1.81. The van der Waals surface area contributed by atoms with E-state index in [9.17, 15) is 0 Å². The Bertz CT molecular complexity index is 100. The van der Waals surface area contributed by atoms with Crippen LogP contribution in [0.25, 0.3) is 0 Å². The van der Waals surface area contributed by atoms with E-state index in [2.05, 4.69) is 13.8 Å². The molecule has 0 aromatic carbocycles. The highest BCUT2D eigenvalue weighted by Crippen LogP contribution is 1.88. The molecule has 13 heavy (non-hydrogen) atoms. The van der Waals surface area contributed by atoms with Gasteiger partial charge in [0, 0.05) is 0 Å². The Morgan fingerprint density at radius 1 is 0.846 bits per heavy atom. The van der Waals surface area contributed by atoms with Gasteiger partial charge in [0.25, 0.3) is 0 Å². The van der Waals surface area contributed by atoms with Gasteiger partial charge in [0.05, 0.1) is 0 Å². The SMILES string of the molecule is CCCCC.O=C(O)O.O=C(O)O. The quantitative estimate of drug-likeness (QED) is 0.539. The molecule has 0 rings (SSSR count). The molecule has 0 aliphatic carbocycles. The lowest BCUT2D eigenvalue weighted by molar-refractivity contribution is 0.135. The zero-order valence-electron chi connectivity index (χ0n) is 7.73. The smallest absolute Gasteiger partial charge is 0.450 e. The van der Waals surface area contributed by atoms with E-state index in [1.54, 1.807) is 0 Å². The molecule has 0 spiro atoms. The molecule has 0 saturated carbocycles. The van der Waals surface area contributed by atoms with Crippen molar-refractivity contribution < 1.29 is 30.0 Å². The fourth-order valence-corrected chi connectivity index (χ4v) is 0.354. The highest BCUT2D eigenvalue weighted by molar-refractivity contribution is 5.53. The van der Waals surface area contributed by atoms with Gasteiger partial charge in [0.2, 0.25) is 0 Å². The van der Waals surface area contributed by atoms with Crippen LogP contribution in [0.15, 0.2) is 0 Å². The number of hydrogen-bond donors (Lipinski definition) is 4. The summed E-state index contributed by atoms with van der Waals surface area (Å²) in [4.78, 5) is 17.1. The molecule has 0 bridgehead atoms. The number of carbonyl (C=O) groups is 2. The van der Waals surface area contributed by atoms with E-state index in [0.29, 0.717) is 0 Å². The Hall–Kier alpha value is -1.46. The van der Waals surface area contributed by atoms with Crippen molar-refractivity contribution >= 4 is 12.3 Å². The van der Waals surface area contributed by atoms with E-state index in [-0.39, 0.29) is 0 Å². The van der Waals surface area contributed by atoms with Gasteiger partial charge in [0.15, 0.2) is 0 Å². The maximum Gasteiger partial charge on any atom is 0.503 e. The second kappa shape index (κ2) is 16.9. The van der Waals surface area contributed by atoms with E-state index in [0.717, 1.165) is 0 Å². The summed E-state index contributed by atoms with van der Waals surface area (Å²) in [5, 5.41) is 27.9. The molecule has 0 heterocycles. The second-order valence-electron chi connectivity index (χ2n) is 1.92. The lowest BCUT2D eigenvalue weighted by Gasteiger charge is -1.79. The van der Waals surface area contributed by atoms with Crippen LogP contribution in [0.4, 0.5) is 9.59 Å². The number of carboxylic acid groups (broad SMARTS) is 4. The first-order valence-corrected chi connectivity index (χ1v) is 3.72. The summed E-state index contributed by atoms with van der Waals surface area (Å²) >= 11 is 0. The molecule has 6 nitrogen and oxygen atoms in total. The normalized spacial score (nSPS) is 6.92. The van der Waals surface area contributed by atoms with Crippen molar-refractivity contribution in [2.75, 3.05) is 0 Å². The molecular formula is C7H16O6. The van der Waals surface area contributed by atoms with Crippen molar-refractivity contribution in [2.45, 2.75) is 33.1 Å². The average Bonchev–Trinajstić information content (AvgIpc) is 1.86. The number of rotatable bonds is 2. The van der Waals surface area contributed by atoms with Crippen molar-refractivity contribution in [1.29, 1.82) is 0 Å². The molecule has 0 fully saturated rings. The summed E-state index contributed by atoms with van der Waals surface area (Å²) in [5.41, 5.74) is 0. The summed E-state index contributed by atoms with van der Waals surface area (Å²) in [6.07, 6.45) is 0.410. The van der Waals surface area contributed by atoms with E-state index >= 15 is 0 Å². The Morgan fingerprint density at radius 3 is 1.00 bits per heavy atom. The molecule has 0 aromatic heterocycles. The molecule has 0 aliphatic heterocycles. The molecule has 6 heteroatoms. The summed E-state index contributed by atoms with van der Waals surface area (Å²) in [6.45, 7) is 4.42. The predicted molar refractivity (Wildman–Crippen MR) is 46.5 cm³/mol. The van der Waals surface area contributed by atoms with Crippen LogP contribution in [-0.4, -0.2) is 32.7 Å². The van der Waals surface area contributed by atoms with Gasteiger partial charge in [-0.2, -0.15) is 0 Å². The second-order valence-corrected chi connectivity index (χ2v) is 1.92. The molecule has 4 N–H and O–H groups in total. The lowest BCUT2D eigenvalue weighted by atomic mass is 10.3. The Balaban J connectivity index is -0.000000117. The summed E-state index contributed by atoms with van der Waals surface area (Å²) in [6, 6.07) is 0. The van der Waals surface area contributed by atoms with Gasteiger partial charge in [-0.3, -0.25) is 0 Å². The summed E-state index contributed by atoms with van der Waals surface area (Å²) in [5.74, 6) is 0. The Labute approximate surface area is 76.4 Å². The van der Waals surface area contributed by atoms with Gasteiger partial charge in [-0.15, -0.1) is 0 Å². The van der Waals surface area contributed by atoms with Gasteiger partial charge < -0.3 is 20.4 Å². The maximum atomic E-state index is 8.56. The van der Waals surface area contributed by atoms with Gasteiger partial charge in [-0.25, -0.2) is 9.59 Å². The third-order valence-electron chi connectivity index (χ3n) is 0.707. The van der Waals surface area contributed by atoms with Crippen LogP contribution in [-0.2, 0) is 0 Å². The third-order valence-corrected chi connectivity index (χ3v) is 0.707. The van der Waals surface area contributed by atoms with Crippen molar-refractivity contribution in [3.8, 4) is 0 Å². The summed E-state index contributed by atoms with van der Waals surface area (Å²) in [7, 11) is 0. The van der Waals surface area contributed by atoms with Crippen molar-refractivity contribution in [3.05, 3.63) is 0 Å². The van der Waals surface area contributed by atoms with Gasteiger partial charge in [-0.1, -0.05) is 33.1 Å². The fourth-order valence-electron chi connectivity index (χ4n) is 0.354. The predicted octanol–water partition coefficient (Wildman–Crippen LogP) is 2.64. The Morgan fingerprint density at radius 2 is 1.00 bits per heavy atom. The zero-order chi connectivity index (χ0) is 11.3. The molecule has 0 radical (unpaired) electrons. The van der Waals surface area contributed by atoms with E-state index in [1.165, 1.54) is 19.3 Å². The van der Waals surface area contributed by atoms with Crippen LogP contribution in [0, 0.1) is 0 Å². The molecule has 80 valence electrons. The minimum Gasteiger partial charge on any atom is -0.450 e. The molecule has 0 saturated heterocycles. The zero-order valence-corrected chi connectivity index (χ0v) is 7.73. The minimum absolute atomic E-state index is 1.34. The average molecular weight is 196 g/mol. The van der Waals surface area contributed by atoms with Crippen LogP contribution in [0.2, 0.25) is 0 Å². The van der Waals surface area contributed by atoms with Crippen LogP contribution < -0.4 is 0 Å². The van der Waals surface area contributed by atoms with Crippen LogP contribution >= 0.6 is 0 Å². The Kier molecular flexibility index (Phi) is 22.8. The van der Waals surface area contributed by atoms with E-state index in [4.69, 9.17) is 30.0 Å². The van der Waals surface area contributed by atoms with E-state index in [1.807, 2.05) is 0 Å². The van der Waals surface area contributed by atoms with Crippen molar-refractivity contribution in [2.24, 2.45) is 0 Å². The maximum absolute atomic E-state index is 8.56. The summed E-state index contributed by atoms with van der Waals surface area (Å²) < 4.78 is 0. The monoisotopic (exact) mass is 196 g/mol. The number of hydrogen-bond acceptors (Lipinski definition) is 2. The van der Waals surface area contributed by atoms with E-state index < -0.39 is 12.3 Å². The molecule has 0 unspecified atom stereocenters. The van der Waals surface area contributed by atoms with Crippen molar-refractivity contribution in [1.82, 2.24) is 0 Å². The first-order chi connectivity index (χ1) is 5.88. The van der Waals surface area contributed by atoms with Crippen molar-refractivity contribution in [3.63, 3.8) is 0 Å². The highest BCUT2D eigenvalue weighted by atomic mass is 16.6. The topological polar surface area (TPSA) is 115 Å². The van der Waals surface area contributed by atoms with Gasteiger partial charge in [0.1, 0.15) is 0 Å². The molecule has 0 amide bonds. The minimum atomic E-state index is -1.83. The largest absolute Gasteiger partial charge is 0.503 e.